The first-order valence-electron chi connectivity index (χ1n) is 7.94. The molecule has 9 heteroatoms. The molecule has 1 unspecified atom stereocenters. The van der Waals surface area contributed by atoms with Crippen LogP contribution in [0.5, 0.6) is 0 Å². The summed E-state index contributed by atoms with van der Waals surface area (Å²) in [4.78, 5) is 26.2. The summed E-state index contributed by atoms with van der Waals surface area (Å²) in [6, 6.07) is 4.91. The van der Waals surface area contributed by atoms with Crippen molar-refractivity contribution in [2.24, 2.45) is 11.7 Å². The lowest BCUT2D eigenvalue weighted by Gasteiger charge is -2.31. The maximum absolute atomic E-state index is 12.2. The summed E-state index contributed by atoms with van der Waals surface area (Å²) in [7, 11) is 0. The molecule has 1 aromatic carbocycles. The third-order valence-corrected chi connectivity index (χ3v) is 4.45. The molecule has 1 atom stereocenters. The molecule has 0 aromatic heterocycles. The van der Waals surface area contributed by atoms with Crippen molar-refractivity contribution >= 4 is 53.1 Å². The predicted octanol–water partition coefficient (Wildman–Crippen LogP) is 2.14. The lowest BCUT2D eigenvalue weighted by Crippen LogP contribution is -2.46. The highest BCUT2D eigenvalue weighted by atomic mass is 35.5. The van der Waals surface area contributed by atoms with Crippen molar-refractivity contribution in [1.82, 2.24) is 10.2 Å². The average molecular weight is 410 g/mol. The first-order valence-corrected chi connectivity index (χ1v) is 8.70. The van der Waals surface area contributed by atoms with Gasteiger partial charge in [0, 0.05) is 24.7 Å². The van der Waals surface area contributed by atoms with Crippen LogP contribution in [-0.2, 0) is 9.59 Å². The number of nitrogens with zero attached hydrogens (tertiary/aromatic N) is 1. The number of halogens is 3. The van der Waals surface area contributed by atoms with E-state index in [2.05, 4.69) is 10.6 Å². The Morgan fingerprint density at radius 3 is 2.80 bits per heavy atom. The molecular formula is C16H23Cl3N4O2. The van der Waals surface area contributed by atoms with Crippen molar-refractivity contribution in [2.75, 3.05) is 38.0 Å². The van der Waals surface area contributed by atoms with Crippen molar-refractivity contribution in [3.63, 3.8) is 0 Å². The van der Waals surface area contributed by atoms with Gasteiger partial charge in [0.05, 0.1) is 23.2 Å². The number of amides is 2. The quantitative estimate of drug-likeness (QED) is 0.672. The van der Waals surface area contributed by atoms with E-state index >= 15 is 0 Å². The number of hydrogen-bond donors (Lipinski definition) is 3. The van der Waals surface area contributed by atoms with Gasteiger partial charge < -0.3 is 16.4 Å². The minimum atomic E-state index is -0.179. The van der Waals surface area contributed by atoms with Gasteiger partial charge in [-0.15, -0.1) is 12.4 Å². The second kappa shape index (κ2) is 10.8. The van der Waals surface area contributed by atoms with Gasteiger partial charge in [0.15, 0.2) is 0 Å². The highest BCUT2D eigenvalue weighted by Crippen LogP contribution is 2.25. The summed E-state index contributed by atoms with van der Waals surface area (Å²) in [5, 5.41) is 6.51. The molecule has 25 heavy (non-hydrogen) atoms. The number of likely N-dealkylation sites (tertiary alicyclic amines) is 1. The highest BCUT2D eigenvalue weighted by molar-refractivity contribution is 6.35. The van der Waals surface area contributed by atoms with Crippen LogP contribution in [0.4, 0.5) is 5.69 Å². The third kappa shape index (κ3) is 6.99. The zero-order valence-electron chi connectivity index (χ0n) is 13.8. The highest BCUT2D eigenvalue weighted by Gasteiger charge is 2.26. The molecule has 1 aliphatic rings. The molecule has 1 aromatic rings. The molecule has 0 spiro atoms. The predicted molar refractivity (Wildman–Crippen MR) is 104 cm³/mol. The van der Waals surface area contributed by atoms with Gasteiger partial charge >= 0.3 is 0 Å². The molecule has 1 fully saturated rings. The molecule has 6 nitrogen and oxygen atoms in total. The fourth-order valence-electron chi connectivity index (χ4n) is 2.74. The Hall–Kier alpha value is -1.05. The van der Waals surface area contributed by atoms with Crippen molar-refractivity contribution in [1.29, 1.82) is 0 Å². The molecule has 0 aliphatic carbocycles. The minimum Gasteiger partial charge on any atom is -0.355 e. The van der Waals surface area contributed by atoms with E-state index in [0.717, 1.165) is 19.4 Å². The number of benzene rings is 1. The molecule has 1 saturated heterocycles. The number of anilines is 1. The molecule has 2 amide bonds. The Labute approximate surface area is 163 Å². The lowest BCUT2D eigenvalue weighted by molar-refractivity contribution is -0.127. The summed E-state index contributed by atoms with van der Waals surface area (Å²) in [6.07, 6.45) is 1.71. The molecule has 0 radical (unpaired) electrons. The Morgan fingerprint density at radius 2 is 2.08 bits per heavy atom. The first-order chi connectivity index (χ1) is 11.5. The third-order valence-electron chi connectivity index (χ3n) is 3.89. The fraction of sp³-hybridized carbons (Fsp3) is 0.500. The maximum Gasteiger partial charge on any atom is 0.238 e. The van der Waals surface area contributed by atoms with Gasteiger partial charge in [-0.2, -0.15) is 0 Å². The number of hydrogen-bond acceptors (Lipinski definition) is 4. The van der Waals surface area contributed by atoms with Crippen LogP contribution in [0.25, 0.3) is 0 Å². The van der Waals surface area contributed by atoms with Gasteiger partial charge in [0.2, 0.25) is 11.8 Å². The molecule has 2 rings (SSSR count). The van der Waals surface area contributed by atoms with Crippen LogP contribution >= 0.6 is 35.6 Å². The van der Waals surface area contributed by atoms with Crippen LogP contribution < -0.4 is 16.4 Å². The van der Waals surface area contributed by atoms with Gasteiger partial charge in [0.1, 0.15) is 0 Å². The van der Waals surface area contributed by atoms with Crippen LogP contribution in [0.2, 0.25) is 10.0 Å². The van der Waals surface area contributed by atoms with Crippen LogP contribution in [0, 0.1) is 5.92 Å². The van der Waals surface area contributed by atoms with Crippen molar-refractivity contribution in [3.8, 4) is 0 Å². The Bertz CT molecular complexity index is 601. The summed E-state index contributed by atoms with van der Waals surface area (Å²) in [5.41, 5.74) is 5.89. The van der Waals surface area contributed by atoms with E-state index in [1.54, 1.807) is 18.2 Å². The summed E-state index contributed by atoms with van der Waals surface area (Å²) in [5.74, 6) is -0.279. The number of nitrogens with one attached hydrogen (secondary N) is 2. The van der Waals surface area contributed by atoms with Crippen molar-refractivity contribution < 1.29 is 9.59 Å². The van der Waals surface area contributed by atoms with E-state index in [4.69, 9.17) is 28.9 Å². The number of piperidine rings is 1. The largest absolute Gasteiger partial charge is 0.355 e. The van der Waals surface area contributed by atoms with Crippen LogP contribution in [0.1, 0.15) is 12.8 Å². The average Bonchev–Trinajstić information content (AvgIpc) is 2.56. The van der Waals surface area contributed by atoms with Crippen LogP contribution in [0.3, 0.4) is 0 Å². The van der Waals surface area contributed by atoms with Gasteiger partial charge in [0.25, 0.3) is 0 Å². The number of nitrogens with two attached hydrogens (primary N) is 1. The zero-order valence-corrected chi connectivity index (χ0v) is 16.1. The lowest BCUT2D eigenvalue weighted by atomic mass is 9.97. The number of carbonyl (C=O) groups excluding carboxylic acids is 2. The van der Waals surface area contributed by atoms with Gasteiger partial charge in [-0.25, -0.2) is 0 Å². The van der Waals surface area contributed by atoms with Gasteiger partial charge in [-0.05, 0) is 37.6 Å². The van der Waals surface area contributed by atoms with E-state index in [0.29, 0.717) is 35.4 Å². The molecule has 4 N–H and O–H groups in total. The Balaban J connectivity index is 0.00000312. The second-order valence-corrected chi connectivity index (χ2v) is 6.67. The molecule has 140 valence electrons. The van der Waals surface area contributed by atoms with E-state index in [-0.39, 0.29) is 36.7 Å². The Kier molecular flexibility index (Phi) is 9.53. The first kappa shape index (κ1) is 22.0. The van der Waals surface area contributed by atoms with Crippen LogP contribution in [0.15, 0.2) is 18.2 Å². The minimum absolute atomic E-state index is 0. The molecule has 0 bridgehead atoms. The molecular weight excluding hydrogens is 387 g/mol. The molecule has 0 saturated carbocycles. The van der Waals surface area contributed by atoms with Crippen molar-refractivity contribution in [3.05, 3.63) is 28.2 Å². The molecule has 1 aliphatic heterocycles. The Morgan fingerprint density at radius 1 is 1.32 bits per heavy atom. The second-order valence-electron chi connectivity index (χ2n) is 5.83. The maximum atomic E-state index is 12.2. The summed E-state index contributed by atoms with van der Waals surface area (Å²) >= 11 is 12.0. The molecule has 1 heterocycles. The monoisotopic (exact) mass is 408 g/mol. The van der Waals surface area contributed by atoms with Gasteiger partial charge in [-0.3, -0.25) is 14.5 Å². The summed E-state index contributed by atoms with van der Waals surface area (Å²) in [6.45, 7) is 2.46. The smallest absolute Gasteiger partial charge is 0.238 e. The zero-order chi connectivity index (χ0) is 17.5. The van der Waals surface area contributed by atoms with Crippen molar-refractivity contribution in [2.45, 2.75) is 12.8 Å². The van der Waals surface area contributed by atoms with E-state index in [1.165, 1.54) is 0 Å². The van der Waals surface area contributed by atoms with Gasteiger partial charge in [-0.1, -0.05) is 23.2 Å². The standard InChI is InChI=1S/C16H22Cl2N4O2.ClH/c17-12-3-4-13(18)14(8-12)21-15(23)10-22-7-1-2-11(9-22)16(24)20-6-5-19;/h3-4,8,11H,1-2,5-7,9-10,19H2,(H,20,24)(H,21,23);1H. The van der Waals surface area contributed by atoms with E-state index < -0.39 is 0 Å². The van der Waals surface area contributed by atoms with E-state index in [9.17, 15) is 9.59 Å². The topological polar surface area (TPSA) is 87.5 Å². The number of carbonyl (C=O) groups is 2. The number of rotatable bonds is 6. The fourth-order valence-corrected chi connectivity index (χ4v) is 3.08. The van der Waals surface area contributed by atoms with Crippen LogP contribution in [-0.4, -0.2) is 49.4 Å². The summed E-state index contributed by atoms with van der Waals surface area (Å²) < 4.78 is 0. The SMILES string of the molecule is Cl.NCCNC(=O)C1CCCN(CC(=O)Nc2cc(Cl)ccc2Cl)C1. The normalized spacial score (nSPS) is 17.5. The van der Waals surface area contributed by atoms with E-state index in [1.807, 2.05) is 4.90 Å².